The lowest BCUT2D eigenvalue weighted by Crippen LogP contribution is -2.35. The Hall–Kier alpha value is -1.16. The Balaban J connectivity index is 3.21. The Morgan fingerprint density at radius 2 is 1.88 bits per heavy atom. The number of rotatable bonds is 3. The first-order valence-corrected chi connectivity index (χ1v) is 5.99. The van der Waals surface area contributed by atoms with Crippen molar-refractivity contribution < 1.29 is 14.3 Å². The van der Waals surface area contributed by atoms with E-state index in [1.165, 1.54) is 7.11 Å². The second-order valence-corrected chi connectivity index (χ2v) is 5.32. The fourth-order valence-electron chi connectivity index (χ4n) is 1.52. The molecule has 0 fully saturated rings. The molecule has 0 radical (unpaired) electrons. The fraction of sp³-hybridized carbons (Fsp3) is 0.385. The summed E-state index contributed by atoms with van der Waals surface area (Å²) in [5.41, 5.74) is 0.213. The van der Waals surface area contributed by atoms with Crippen LogP contribution in [0.1, 0.15) is 29.8 Å². The van der Waals surface area contributed by atoms with Crippen molar-refractivity contribution in [2.45, 2.75) is 20.8 Å². The summed E-state index contributed by atoms with van der Waals surface area (Å²) in [6, 6.07) is 5.42. The summed E-state index contributed by atoms with van der Waals surface area (Å²) < 4.78 is 5.47. The van der Waals surface area contributed by atoms with E-state index in [2.05, 4.69) is 20.7 Å². The first-order chi connectivity index (χ1) is 7.80. The average Bonchev–Trinajstić information content (AvgIpc) is 2.30. The van der Waals surface area contributed by atoms with Crippen LogP contribution in [0, 0.1) is 12.3 Å². The summed E-state index contributed by atoms with van der Waals surface area (Å²) in [5, 5.41) is 0. The van der Waals surface area contributed by atoms with Crippen LogP contribution in [0.4, 0.5) is 0 Å². The zero-order chi connectivity index (χ0) is 13.2. The molecule has 3 nitrogen and oxygen atoms in total. The van der Waals surface area contributed by atoms with Gasteiger partial charge in [-0.2, -0.15) is 0 Å². The van der Waals surface area contributed by atoms with E-state index >= 15 is 0 Å². The van der Waals surface area contributed by atoms with Gasteiger partial charge in [-0.3, -0.25) is 9.59 Å². The monoisotopic (exact) mass is 298 g/mol. The number of aryl methyl sites for hydroxylation is 1. The van der Waals surface area contributed by atoms with Gasteiger partial charge in [-0.05, 0) is 38.5 Å². The molecule has 4 heteroatoms. The zero-order valence-corrected chi connectivity index (χ0v) is 11.9. The molecule has 0 bridgehead atoms. The number of carbonyl (C=O) groups excluding carboxylic acids is 2. The molecule has 0 amide bonds. The van der Waals surface area contributed by atoms with E-state index in [1.54, 1.807) is 19.9 Å². The molecule has 0 aliphatic heterocycles. The quantitative estimate of drug-likeness (QED) is 0.489. The maximum Gasteiger partial charge on any atom is 0.319 e. The summed E-state index contributed by atoms with van der Waals surface area (Å²) in [7, 11) is 1.28. The van der Waals surface area contributed by atoms with Gasteiger partial charge in [0.25, 0.3) is 0 Å². The van der Waals surface area contributed by atoms with Crippen LogP contribution in [-0.2, 0) is 9.53 Å². The van der Waals surface area contributed by atoms with Crippen LogP contribution in [0.15, 0.2) is 22.7 Å². The molecule has 0 heterocycles. The highest BCUT2D eigenvalue weighted by Crippen LogP contribution is 2.27. The Morgan fingerprint density at radius 1 is 1.29 bits per heavy atom. The minimum absolute atomic E-state index is 0.233. The molecule has 0 saturated heterocycles. The predicted molar refractivity (Wildman–Crippen MR) is 69.0 cm³/mol. The number of methoxy groups -OCH3 is 1. The smallest absolute Gasteiger partial charge is 0.319 e. The van der Waals surface area contributed by atoms with Crippen molar-refractivity contribution in [2.75, 3.05) is 7.11 Å². The minimum Gasteiger partial charge on any atom is -0.468 e. The third-order valence-electron chi connectivity index (χ3n) is 2.71. The highest BCUT2D eigenvalue weighted by molar-refractivity contribution is 9.10. The fourth-order valence-corrected chi connectivity index (χ4v) is 1.88. The molecule has 1 aromatic rings. The Kier molecular flexibility index (Phi) is 4.09. The van der Waals surface area contributed by atoms with Crippen molar-refractivity contribution in [3.63, 3.8) is 0 Å². The molecule has 1 rings (SSSR count). The Labute approximate surface area is 109 Å². The molecular weight excluding hydrogens is 284 g/mol. The van der Waals surface area contributed by atoms with Crippen LogP contribution < -0.4 is 0 Å². The van der Waals surface area contributed by atoms with Gasteiger partial charge in [-0.15, -0.1) is 0 Å². The standard InChI is InChI=1S/C13H15BrO3/c1-8-5-6-9(14)7-10(8)11(15)13(2,3)12(16)17-4/h5-7H,1-4H3. The molecule has 0 saturated carbocycles. The van der Waals surface area contributed by atoms with Crippen LogP contribution in [0.25, 0.3) is 0 Å². The number of hydrogen-bond acceptors (Lipinski definition) is 3. The van der Waals surface area contributed by atoms with E-state index in [0.717, 1.165) is 10.0 Å². The SMILES string of the molecule is COC(=O)C(C)(C)C(=O)c1cc(Br)ccc1C. The summed E-state index contributed by atoms with van der Waals surface area (Å²) >= 11 is 3.32. The number of esters is 1. The summed E-state index contributed by atoms with van der Waals surface area (Å²) in [5.74, 6) is -0.759. The molecule has 0 spiro atoms. The average molecular weight is 299 g/mol. The van der Waals surface area contributed by atoms with Crippen LogP contribution in [0.3, 0.4) is 0 Å². The molecule has 0 atom stereocenters. The third kappa shape index (κ3) is 2.75. The predicted octanol–water partition coefficient (Wildman–Crippen LogP) is 3.14. The molecule has 0 aliphatic carbocycles. The molecule has 1 aromatic carbocycles. The van der Waals surface area contributed by atoms with Gasteiger partial charge in [0.15, 0.2) is 5.78 Å². The van der Waals surface area contributed by atoms with E-state index in [0.29, 0.717) is 5.56 Å². The normalized spacial score (nSPS) is 11.1. The third-order valence-corrected chi connectivity index (χ3v) is 3.20. The molecular formula is C13H15BrO3. The summed E-state index contributed by atoms with van der Waals surface area (Å²) in [4.78, 5) is 23.9. The zero-order valence-electron chi connectivity index (χ0n) is 10.3. The van der Waals surface area contributed by atoms with Gasteiger partial charge >= 0.3 is 5.97 Å². The van der Waals surface area contributed by atoms with Crippen molar-refractivity contribution in [1.82, 2.24) is 0 Å². The number of halogens is 1. The number of ether oxygens (including phenoxy) is 1. The molecule has 0 aromatic heterocycles. The summed E-state index contributed by atoms with van der Waals surface area (Å²) in [6.07, 6.45) is 0. The van der Waals surface area contributed by atoms with Crippen LogP contribution in [0.2, 0.25) is 0 Å². The van der Waals surface area contributed by atoms with Crippen molar-refractivity contribution in [3.8, 4) is 0 Å². The van der Waals surface area contributed by atoms with Gasteiger partial charge in [0, 0.05) is 10.0 Å². The van der Waals surface area contributed by atoms with Crippen LogP contribution >= 0.6 is 15.9 Å². The van der Waals surface area contributed by atoms with E-state index in [9.17, 15) is 9.59 Å². The maximum absolute atomic E-state index is 12.3. The van der Waals surface area contributed by atoms with Gasteiger partial charge in [0.1, 0.15) is 5.41 Å². The lowest BCUT2D eigenvalue weighted by Gasteiger charge is -2.21. The molecule has 92 valence electrons. The first-order valence-electron chi connectivity index (χ1n) is 5.20. The number of benzene rings is 1. The van der Waals surface area contributed by atoms with Crippen molar-refractivity contribution in [3.05, 3.63) is 33.8 Å². The number of carbonyl (C=O) groups is 2. The highest BCUT2D eigenvalue weighted by Gasteiger charge is 2.38. The molecule has 0 unspecified atom stereocenters. The van der Waals surface area contributed by atoms with Crippen molar-refractivity contribution in [1.29, 1.82) is 0 Å². The Bertz CT molecular complexity index is 464. The van der Waals surface area contributed by atoms with E-state index in [1.807, 2.05) is 19.1 Å². The van der Waals surface area contributed by atoms with E-state index < -0.39 is 11.4 Å². The lowest BCUT2D eigenvalue weighted by molar-refractivity contribution is -0.147. The topological polar surface area (TPSA) is 43.4 Å². The second kappa shape index (κ2) is 5.00. The van der Waals surface area contributed by atoms with Gasteiger partial charge in [0.2, 0.25) is 0 Å². The molecule has 0 N–H and O–H groups in total. The number of Topliss-reactive ketones (excluding diaryl/α,β-unsaturated/α-hetero) is 1. The van der Waals surface area contributed by atoms with Gasteiger partial charge < -0.3 is 4.74 Å². The Morgan fingerprint density at radius 3 is 2.41 bits per heavy atom. The van der Waals surface area contributed by atoms with Crippen LogP contribution in [-0.4, -0.2) is 18.9 Å². The van der Waals surface area contributed by atoms with Crippen molar-refractivity contribution in [2.24, 2.45) is 5.41 Å². The second-order valence-electron chi connectivity index (χ2n) is 4.40. The van der Waals surface area contributed by atoms with Gasteiger partial charge in [-0.25, -0.2) is 0 Å². The maximum atomic E-state index is 12.3. The van der Waals surface area contributed by atoms with Gasteiger partial charge in [-0.1, -0.05) is 22.0 Å². The van der Waals surface area contributed by atoms with E-state index in [4.69, 9.17) is 0 Å². The van der Waals surface area contributed by atoms with Crippen molar-refractivity contribution >= 4 is 27.7 Å². The summed E-state index contributed by atoms with van der Waals surface area (Å²) in [6.45, 7) is 4.98. The largest absolute Gasteiger partial charge is 0.468 e. The van der Waals surface area contributed by atoms with Gasteiger partial charge in [0.05, 0.1) is 7.11 Å². The van der Waals surface area contributed by atoms with Crippen LogP contribution in [0.5, 0.6) is 0 Å². The lowest BCUT2D eigenvalue weighted by atomic mass is 9.83. The number of ketones is 1. The first kappa shape index (κ1) is 13.9. The minimum atomic E-state index is -1.17. The highest BCUT2D eigenvalue weighted by atomic mass is 79.9. The molecule has 0 aliphatic rings. The van der Waals surface area contributed by atoms with E-state index in [-0.39, 0.29) is 5.78 Å². The number of hydrogen-bond donors (Lipinski definition) is 0. The molecule has 17 heavy (non-hydrogen) atoms.